The summed E-state index contributed by atoms with van der Waals surface area (Å²) in [4.78, 5) is 29.2. The molecule has 2 heterocycles. The lowest BCUT2D eigenvalue weighted by Crippen LogP contribution is -2.33. The van der Waals surface area contributed by atoms with E-state index in [1.165, 1.54) is 40.1 Å². The maximum atomic E-state index is 12.9. The van der Waals surface area contributed by atoms with Crippen LogP contribution in [0.2, 0.25) is 0 Å². The molecular weight excluding hydrogens is 323 g/mol. The van der Waals surface area contributed by atoms with Gasteiger partial charge in [0.05, 0.1) is 11.4 Å². The molecule has 0 bridgehead atoms. The number of likely N-dealkylation sites (tertiary alicyclic amines) is 1. The van der Waals surface area contributed by atoms with Crippen molar-refractivity contribution in [2.45, 2.75) is 17.2 Å². The van der Waals surface area contributed by atoms with Gasteiger partial charge in [-0.3, -0.25) is 14.5 Å². The summed E-state index contributed by atoms with van der Waals surface area (Å²) in [5.74, 6) is -0.320. The molecule has 3 rings (SSSR count). The summed E-state index contributed by atoms with van der Waals surface area (Å²) >= 11 is 2.76. The topological polar surface area (TPSA) is 50.3 Å². The van der Waals surface area contributed by atoms with Crippen LogP contribution < -0.4 is 0 Å². The average Bonchev–Trinajstić information content (AvgIpc) is 3.14. The summed E-state index contributed by atoms with van der Waals surface area (Å²) in [5.41, 5.74) is 1.60. The number of amides is 2. The van der Waals surface area contributed by atoms with Gasteiger partial charge < -0.3 is 0 Å². The summed E-state index contributed by atoms with van der Waals surface area (Å²) in [6, 6.07) is 6.13. The van der Waals surface area contributed by atoms with Gasteiger partial charge in [-0.25, -0.2) is 9.37 Å². The number of imide groups is 1. The van der Waals surface area contributed by atoms with E-state index in [1.54, 1.807) is 12.1 Å². The van der Waals surface area contributed by atoms with Crippen LogP contribution >= 0.6 is 23.1 Å². The van der Waals surface area contributed by atoms with Crippen LogP contribution in [0, 0.1) is 5.82 Å². The number of carbonyl (C=O) groups excluding carboxylic acids is 2. The van der Waals surface area contributed by atoms with E-state index in [2.05, 4.69) is 4.98 Å². The number of nitrogens with zero attached hydrogens (tertiary/aromatic N) is 2. The van der Waals surface area contributed by atoms with Crippen LogP contribution in [0.25, 0.3) is 11.3 Å². The van der Waals surface area contributed by atoms with Crippen LogP contribution in [-0.2, 0) is 9.59 Å². The summed E-state index contributed by atoms with van der Waals surface area (Å²) in [6.07, 6.45) is 1.21. The molecule has 2 amide bonds. The Kier molecular flexibility index (Phi) is 4.54. The fourth-order valence-corrected chi connectivity index (χ4v) is 3.90. The monoisotopic (exact) mass is 336 g/mol. The van der Waals surface area contributed by atoms with Crippen LogP contribution in [0.5, 0.6) is 0 Å². The molecule has 0 radical (unpaired) electrons. The number of rotatable bonds is 4. The van der Waals surface area contributed by atoms with Gasteiger partial charge in [0.15, 0.2) is 4.34 Å². The maximum Gasteiger partial charge on any atom is 0.239 e. The highest BCUT2D eigenvalue weighted by molar-refractivity contribution is 8.01. The second-order valence-corrected chi connectivity index (χ2v) is 6.92. The number of halogens is 1. The molecule has 0 aliphatic carbocycles. The minimum atomic E-state index is -0.283. The molecule has 0 N–H and O–H groups in total. The predicted molar refractivity (Wildman–Crippen MR) is 84.2 cm³/mol. The van der Waals surface area contributed by atoms with Crippen molar-refractivity contribution in [1.29, 1.82) is 0 Å². The summed E-state index contributed by atoms with van der Waals surface area (Å²) in [7, 11) is 0. The van der Waals surface area contributed by atoms with E-state index in [4.69, 9.17) is 0 Å². The quantitative estimate of drug-likeness (QED) is 0.805. The predicted octanol–water partition coefficient (Wildman–Crippen LogP) is 3.19. The molecule has 0 unspecified atom stereocenters. The summed E-state index contributed by atoms with van der Waals surface area (Å²) in [6.45, 7) is 0.525. The highest BCUT2D eigenvalue weighted by Gasteiger charge is 2.26. The average molecular weight is 336 g/mol. The molecule has 1 aromatic carbocycles. The van der Waals surface area contributed by atoms with Gasteiger partial charge in [-0.15, -0.1) is 11.3 Å². The van der Waals surface area contributed by atoms with Crippen molar-refractivity contribution in [3.05, 3.63) is 35.5 Å². The third kappa shape index (κ3) is 3.36. The van der Waals surface area contributed by atoms with Crippen LogP contribution in [0.4, 0.5) is 4.39 Å². The summed E-state index contributed by atoms with van der Waals surface area (Å²) < 4.78 is 13.7. The molecular formula is C15H13FN2O2S2. The Balaban J connectivity index is 1.61. The van der Waals surface area contributed by atoms with Gasteiger partial charge in [0, 0.05) is 23.9 Å². The fourth-order valence-electron chi connectivity index (χ4n) is 2.19. The molecule has 0 saturated carbocycles. The molecule has 0 spiro atoms. The molecule has 114 valence electrons. The molecule has 1 aromatic heterocycles. The van der Waals surface area contributed by atoms with Gasteiger partial charge in [0.1, 0.15) is 5.82 Å². The molecule has 1 fully saturated rings. The SMILES string of the molecule is O=C1CCCN1C(=O)CSc1nc(-c2ccc(F)cc2)cs1. The van der Waals surface area contributed by atoms with E-state index >= 15 is 0 Å². The lowest BCUT2D eigenvalue weighted by molar-refractivity contribution is -0.140. The highest BCUT2D eigenvalue weighted by Crippen LogP contribution is 2.28. The van der Waals surface area contributed by atoms with Crippen molar-refractivity contribution in [1.82, 2.24) is 9.88 Å². The Morgan fingerprint density at radius 3 is 2.82 bits per heavy atom. The van der Waals surface area contributed by atoms with E-state index < -0.39 is 0 Å². The minimum Gasteiger partial charge on any atom is -0.282 e. The normalized spacial score (nSPS) is 14.6. The number of thioether (sulfide) groups is 1. The summed E-state index contributed by atoms with van der Waals surface area (Å²) in [5, 5.41) is 1.88. The van der Waals surface area contributed by atoms with Crippen molar-refractivity contribution < 1.29 is 14.0 Å². The lowest BCUT2D eigenvalue weighted by Gasteiger charge is -2.12. The first-order valence-corrected chi connectivity index (χ1v) is 8.67. The van der Waals surface area contributed by atoms with Crippen molar-refractivity contribution in [2.75, 3.05) is 12.3 Å². The third-order valence-electron chi connectivity index (χ3n) is 3.32. The Hall–Kier alpha value is -1.73. The van der Waals surface area contributed by atoms with Gasteiger partial charge in [0.2, 0.25) is 11.8 Å². The number of thiazole rings is 1. The van der Waals surface area contributed by atoms with E-state index in [0.29, 0.717) is 13.0 Å². The highest BCUT2D eigenvalue weighted by atomic mass is 32.2. The Morgan fingerprint density at radius 2 is 2.14 bits per heavy atom. The Labute approximate surface area is 135 Å². The van der Waals surface area contributed by atoms with Gasteiger partial charge in [-0.05, 0) is 30.7 Å². The zero-order valence-corrected chi connectivity index (χ0v) is 13.3. The smallest absolute Gasteiger partial charge is 0.239 e. The first-order chi connectivity index (χ1) is 10.6. The first kappa shape index (κ1) is 15.2. The van der Waals surface area contributed by atoms with E-state index in [0.717, 1.165) is 22.0 Å². The Morgan fingerprint density at radius 1 is 1.36 bits per heavy atom. The van der Waals surface area contributed by atoms with Crippen LogP contribution in [-0.4, -0.2) is 34.0 Å². The second-order valence-electron chi connectivity index (χ2n) is 4.84. The zero-order valence-electron chi connectivity index (χ0n) is 11.6. The minimum absolute atomic E-state index is 0.0864. The van der Waals surface area contributed by atoms with Crippen molar-refractivity contribution in [3.8, 4) is 11.3 Å². The van der Waals surface area contributed by atoms with Crippen LogP contribution in [0.1, 0.15) is 12.8 Å². The molecule has 1 saturated heterocycles. The number of carbonyl (C=O) groups is 2. The van der Waals surface area contributed by atoms with Gasteiger partial charge in [-0.2, -0.15) is 0 Å². The molecule has 4 nitrogen and oxygen atoms in total. The van der Waals surface area contributed by atoms with Gasteiger partial charge >= 0.3 is 0 Å². The number of benzene rings is 1. The molecule has 1 aliphatic heterocycles. The standard InChI is InChI=1S/C15H13FN2O2S2/c16-11-5-3-10(4-6-11)12-8-21-15(17-12)22-9-14(20)18-7-1-2-13(18)19/h3-6,8H,1-2,7,9H2. The number of hydrogen-bond acceptors (Lipinski definition) is 5. The van der Waals surface area contributed by atoms with Crippen LogP contribution in [0.15, 0.2) is 34.0 Å². The van der Waals surface area contributed by atoms with Gasteiger partial charge in [-0.1, -0.05) is 11.8 Å². The van der Waals surface area contributed by atoms with Crippen molar-refractivity contribution in [3.63, 3.8) is 0 Å². The van der Waals surface area contributed by atoms with E-state index in [9.17, 15) is 14.0 Å². The molecule has 22 heavy (non-hydrogen) atoms. The van der Waals surface area contributed by atoms with Crippen molar-refractivity contribution >= 4 is 34.9 Å². The molecule has 7 heteroatoms. The second kappa shape index (κ2) is 6.58. The fraction of sp³-hybridized carbons (Fsp3) is 0.267. The lowest BCUT2D eigenvalue weighted by atomic mass is 10.2. The van der Waals surface area contributed by atoms with Crippen molar-refractivity contribution in [2.24, 2.45) is 0 Å². The zero-order chi connectivity index (χ0) is 15.5. The van der Waals surface area contributed by atoms with Gasteiger partial charge in [0.25, 0.3) is 0 Å². The maximum absolute atomic E-state index is 12.9. The third-order valence-corrected chi connectivity index (χ3v) is 5.32. The van der Waals surface area contributed by atoms with Crippen LogP contribution in [0.3, 0.4) is 0 Å². The molecule has 0 atom stereocenters. The number of aromatic nitrogens is 1. The Bertz CT molecular complexity index is 700. The molecule has 1 aliphatic rings. The van der Waals surface area contributed by atoms with E-state index in [-0.39, 0.29) is 23.4 Å². The number of hydrogen-bond donors (Lipinski definition) is 0. The molecule has 2 aromatic rings. The largest absolute Gasteiger partial charge is 0.282 e. The first-order valence-electron chi connectivity index (χ1n) is 6.81. The van der Waals surface area contributed by atoms with E-state index in [1.807, 2.05) is 5.38 Å².